The first-order chi connectivity index (χ1) is 10.1. The number of primary sulfonamides is 1. The van der Waals surface area contributed by atoms with Crippen LogP contribution in [0.15, 0.2) is 15.7 Å². The van der Waals surface area contributed by atoms with Gasteiger partial charge in [-0.15, -0.1) is 11.3 Å². The molecule has 9 heteroatoms. The first-order valence-corrected chi connectivity index (χ1v) is 9.14. The molecule has 1 saturated heterocycles. The molecule has 122 valence electrons. The van der Waals surface area contributed by atoms with Gasteiger partial charge in [0.2, 0.25) is 10.0 Å². The first kappa shape index (κ1) is 16.9. The average Bonchev–Trinajstić information content (AvgIpc) is 3.05. The molecule has 7 nitrogen and oxygen atoms in total. The highest BCUT2D eigenvalue weighted by molar-refractivity contribution is 7.91. The third-order valence-corrected chi connectivity index (χ3v) is 6.61. The quantitative estimate of drug-likeness (QED) is 0.842. The number of carbonyl (C=O) groups excluding carboxylic acids is 1. The summed E-state index contributed by atoms with van der Waals surface area (Å²) in [6.45, 7) is 4.11. The number of hydrogen-bond donors (Lipinski definition) is 2. The van der Waals surface area contributed by atoms with Crippen molar-refractivity contribution in [3.05, 3.63) is 17.0 Å². The lowest BCUT2D eigenvalue weighted by atomic mass is 9.76. The fourth-order valence-electron chi connectivity index (χ4n) is 2.66. The minimum absolute atomic E-state index is 0.0802. The molecule has 0 saturated carbocycles. The van der Waals surface area contributed by atoms with E-state index in [1.165, 1.54) is 16.3 Å². The Kier molecular flexibility index (Phi) is 4.33. The van der Waals surface area contributed by atoms with E-state index in [9.17, 15) is 23.1 Å². The molecule has 0 aliphatic carbocycles. The third-order valence-electron chi connectivity index (χ3n) is 4.22. The molecule has 0 bridgehead atoms. The number of amides is 1. The molecule has 1 atom stereocenters. The van der Waals surface area contributed by atoms with Crippen molar-refractivity contribution in [1.29, 1.82) is 0 Å². The van der Waals surface area contributed by atoms with Crippen LogP contribution in [0.3, 0.4) is 0 Å². The highest BCUT2D eigenvalue weighted by Gasteiger charge is 2.48. The maximum atomic E-state index is 12.4. The number of rotatable bonds is 4. The van der Waals surface area contributed by atoms with Crippen LogP contribution in [0, 0.1) is 11.3 Å². The second-order valence-corrected chi connectivity index (χ2v) is 8.49. The predicted octanol–water partition coefficient (Wildman–Crippen LogP) is 0.968. The SMILES string of the molecule is CC(C)C1(C(=O)O)CCN(C(=O)c2csc(S(N)(=O)=O)c2)C1. The number of likely N-dealkylation sites (tertiary alicyclic amines) is 1. The zero-order valence-electron chi connectivity index (χ0n) is 12.3. The zero-order valence-corrected chi connectivity index (χ0v) is 13.9. The summed E-state index contributed by atoms with van der Waals surface area (Å²) in [5, 5.41) is 15.9. The van der Waals surface area contributed by atoms with E-state index < -0.39 is 21.4 Å². The van der Waals surface area contributed by atoms with E-state index in [0.29, 0.717) is 13.0 Å². The lowest BCUT2D eigenvalue weighted by Crippen LogP contribution is -2.40. The first-order valence-electron chi connectivity index (χ1n) is 6.72. The smallest absolute Gasteiger partial charge is 0.311 e. The topological polar surface area (TPSA) is 118 Å². The monoisotopic (exact) mass is 346 g/mol. The van der Waals surface area contributed by atoms with Gasteiger partial charge in [0.25, 0.3) is 5.91 Å². The average molecular weight is 346 g/mol. The standard InChI is InChI=1S/C13H18N2O5S2/c1-8(2)13(12(17)18)3-4-15(7-13)11(16)9-5-10(21-6-9)22(14,19)20/h5-6,8H,3-4,7H2,1-2H3,(H,17,18)(H2,14,19,20). The summed E-state index contributed by atoms with van der Waals surface area (Å²) in [5.74, 6) is -1.38. The third kappa shape index (κ3) is 2.88. The van der Waals surface area contributed by atoms with Crippen LogP contribution in [0.5, 0.6) is 0 Å². The molecule has 1 aromatic rings. The Morgan fingerprint density at radius 2 is 2.09 bits per heavy atom. The van der Waals surface area contributed by atoms with E-state index in [1.807, 2.05) is 13.8 Å². The molecule has 1 aromatic heterocycles. The molecule has 1 fully saturated rings. The molecule has 0 aromatic carbocycles. The van der Waals surface area contributed by atoms with Gasteiger partial charge in [-0.25, -0.2) is 13.6 Å². The lowest BCUT2D eigenvalue weighted by molar-refractivity contribution is -0.150. The Morgan fingerprint density at radius 3 is 2.50 bits per heavy atom. The Balaban J connectivity index is 2.22. The Bertz CT molecular complexity index is 710. The van der Waals surface area contributed by atoms with Crippen LogP contribution < -0.4 is 5.14 Å². The Morgan fingerprint density at radius 1 is 1.45 bits per heavy atom. The van der Waals surface area contributed by atoms with Crippen molar-refractivity contribution >= 4 is 33.2 Å². The minimum Gasteiger partial charge on any atom is -0.481 e. The van der Waals surface area contributed by atoms with Crippen molar-refractivity contribution < 1.29 is 23.1 Å². The predicted molar refractivity (Wildman–Crippen MR) is 81.1 cm³/mol. The number of sulfonamides is 1. The van der Waals surface area contributed by atoms with Crippen molar-refractivity contribution in [1.82, 2.24) is 4.90 Å². The van der Waals surface area contributed by atoms with Gasteiger partial charge in [0.05, 0.1) is 11.0 Å². The summed E-state index contributed by atoms with van der Waals surface area (Å²) >= 11 is 0.879. The van der Waals surface area contributed by atoms with Gasteiger partial charge in [-0.1, -0.05) is 13.8 Å². The summed E-state index contributed by atoms with van der Waals surface area (Å²) in [4.78, 5) is 25.5. The van der Waals surface area contributed by atoms with E-state index in [0.717, 1.165) is 11.3 Å². The van der Waals surface area contributed by atoms with E-state index in [2.05, 4.69) is 0 Å². The molecule has 1 amide bonds. The van der Waals surface area contributed by atoms with Crippen LogP contribution in [-0.2, 0) is 14.8 Å². The maximum Gasteiger partial charge on any atom is 0.311 e. The molecule has 3 N–H and O–H groups in total. The summed E-state index contributed by atoms with van der Waals surface area (Å²) in [6.07, 6.45) is 0.387. The van der Waals surface area contributed by atoms with Gasteiger partial charge in [0.15, 0.2) is 0 Å². The van der Waals surface area contributed by atoms with Crippen LogP contribution in [0.2, 0.25) is 0 Å². The van der Waals surface area contributed by atoms with Gasteiger partial charge in [-0.05, 0) is 18.4 Å². The number of carboxylic acid groups (broad SMARTS) is 1. The molecule has 22 heavy (non-hydrogen) atoms. The molecule has 0 spiro atoms. The number of nitrogens with zero attached hydrogens (tertiary/aromatic N) is 1. The van der Waals surface area contributed by atoms with Crippen molar-refractivity contribution in [2.45, 2.75) is 24.5 Å². The largest absolute Gasteiger partial charge is 0.481 e. The van der Waals surface area contributed by atoms with E-state index in [4.69, 9.17) is 5.14 Å². The van der Waals surface area contributed by atoms with E-state index >= 15 is 0 Å². The highest BCUT2D eigenvalue weighted by Crippen LogP contribution is 2.38. The summed E-state index contributed by atoms with van der Waals surface area (Å²) in [7, 11) is -3.84. The molecule has 1 aliphatic rings. The van der Waals surface area contributed by atoms with Gasteiger partial charge in [-0.2, -0.15) is 0 Å². The number of hydrogen-bond acceptors (Lipinski definition) is 5. The number of carbonyl (C=O) groups is 2. The van der Waals surface area contributed by atoms with Crippen molar-refractivity contribution in [2.24, 2.45) is 16.5 Å². The fourth-order valence-corrected chi connectivity index (χ4v) is 4.24. The van der Waals surface area contributed by atoms with Gasteiger partial charge in [0.1, 0.15) is 4.21 Å². The number of aliphatic carboxylic acids is 1. The molecule has 2 rings (SSSR count). The van der Waals surface area contributed by atoms with Crippen molar-refractivity contribution in [2.75, 3.05) is 13.1 Å². The van der Waals surface area contributed by atoms with E-state index in [-0.39, 0.29) is 28.1 Å². The second-order valence-electron chi connectivity index (χ2n) is 5.79. The van der Waals surface area contributed by atoms with Crippen LogP contribution in [0.4, 0.5) is 0 Å². The maximum absolute atomic E-state index is 12.4. The fraction of sp³-hybridized carbons (Fsp3) is 0.538. The van der Waals surface area contributed by atoms with Gasteiger partial charge in [0, 0.05) is 18.5 Å². The highest BCUT2D eigenvalue weighted by atomic mass is 32.2. The van der Waals surface area contributed by atoms with Gasteiger partial charge < -0.3 is 10.0 Å². The molecule has 2 heterocycles. The van der Waals surface area contributed by atoms with Crippen LogP contribution in [0.25, 0.3) is 0 Å². The minimum atomic E-state index is -3.84. The summed E-state index contributed by atoms with van der Waals surface area (Å²) < 4.78 is 22.4. The molecular formula is C13H18N2O5S2. The molecular weight excluding hydrogens is 328 g/mol. The van der Waals surface area contributed by atoms with Gasteiger partial charge in [-0.3, -0.25) is 9.59 Å². The van der Waals surface area contributed by atoms with Crippen LogP contribution in [-0.4, -0.2) is 43.4 Å². The van der Waals surface area contributed by atoms with Crippen molar-refractivity contribution in [3.8, 4) is 0 Å². The van der Waals surface area contributed by atoms with Crippen LogP contribution in [0.1, 0.15) is 30.6 Å². The summed E-state index contributed by atoms with van der Waals surface area (Å²) in [6, 6.07) is 1.23. The van der Waals surface area contributed by atoms with E-state index in [1.54, 1.807) is 0 Å². The number of carboxylic acids is 1. The molecule has 0 radical (unpaired) electrons. The lowest BCUT2D eigenvalue weighted by Gasteiger charge is -2.28. The van der Waals surface area contributed by atoms with Gasteiger partial charge >= 0.3 is 5.97 Å². The summed E-state index contributed by atoms with van der Waals surface area (Å²) in [5.41, 5.74) is -0.729. The number of thiophene rings is 1. The normalized spacial score (nSPS) is 22.3. The Labute approximate surface area is 132 Å². The zero-order chi connectivity index (χ0) is 16.7. The molecule has 1 unspecified atom stereocenters. The van der Waals surface area contributed by atoms with Crippen molar-refractivity contribution in [3.63, 3.8) is 0 Å². The molecule has 1 aliphatic heterocycles. The second kappa shape index (κ2) is 5.64. The Hall–Kier alpha value is -1.45. The van der Waals surface area contributed by atoms with Crippen LogP contribution >= 0.6 is 11.3 Å². The number of nitrogens with two attached hydrogens (primary N) is 1.